The average molecular weight is 339 g/mol. The molecule has 2 aliphatic rings. The van der Waals surface area contributed by atoms with E-state index in [1.54, 1.807) is 6.92 Å². The van der Waals surface area contributed by atoms with Crippen molar-refractivity contribution < 1.29 is 19.3 Å². The highest BCUT2D eigenvalue weighted by Crippen LogP contribution is 2.52. The van der Waals surface area contributed by atoms with E-state index < -0.39 is 11.3 Å². The van der Waals surface area contributed by atoms with Crippen molar-refractivity contribution in [2.75, 3.05) is 6.61 Å². The topological polar surface area (TPSA) is 60.3 Å². The molecule has 130 valence electrons. The lowest BCUT2D eigenvalue weighted by molar-refractivity contribution is -0.186. The molecule has 2 aromatic rings. The fourth-order valence-corrected chi connectivity index (χ4v) is 3.59. The first kappa shape index (κ1) is 16.1. The molecule has 0 unspecified atom stereocenters. The van der Waals surface area contributed by atoms with Gasteiger partial charge in [0, 0.05) is 20.3 Å². The van der Waals surface area contributed by atoms with Gasteiger partial charge >= 0.3 is 0 Å². The summed E-state index contributed by atoms with van der Waals surface area (Å²) in [6.45, 7) is 3.53. The molecule has 4 rings (SSSR count). The smallest absolute Gasteiger partial charge is 0.237 e. The molecule has 0 bridgehead atoms. The van der Waals surface area contributed by atoms with Crippen LogP contribution >= 0.6 is 0 Å². The molecule has 0 spiro atoms. The van der Waals surface area contributed by atoms with Crippen molar-refractivity contribution in [2.24, 2.45) is 4.99 Å². The monoisotopic (exact) mass is 339 g/mol. The van der Waals surface area contributed by atoms with Crippen LogP contribution in [-0.2, 0) is 9.47 Å². The van der Waals surface area contributed by atoms with Crippen molar-refractivity contribution in [3.8, 4) is 11.5 Å². The molecule has 0 amide bonds. The van der Waals surface area contributed by atoms with Gasteiger partial charge in [-0.1, -0.05) is 30.3 Å². The molecule has 2 heterocycles. The summed E-state index contributed by atoms with van der Waals surface area (Å²) >= 11 is 0. The summed E-state index contributed by atoms with van der Waals surface area (Å²) in [6.07, 6.45) is 0.399. The molecule has 1 N–H and O–H groups in total. The van der Waals surface area contributed by atoms with Gasteiger partial charge in [-0.25, -0.2) is 4.99 Å². The molecule has 0 saturated carbocycles. The maximum absolute atomic E-state index is 9.90. The first-order chi connectivity index (χ1) is 12.0. The van der Waals surface area contributed by atoms with E-state index in [9.17, 15) is 5.11 Å². The van der Waals surface area contributed by atoms with Crippen LogP contribution in [0.2, 0.25) is 0 Å². The third-order valence-electron chi connectivity index (χ3n) is 4.94. The fourth-order valence-electron chi connectivity index (χ4n) is 3.59. The van der Waals surface area contributed by atoms with Crippen LogP contribution in [0.1, 0.15) is 31.9 Å². The SMILES string of the molecule is CC1=N[C@@]2(CO)C[C@H](c3ccc(Oc4ccccc4)cc3)O[C@@]2(C)O1. The van der Waals surface area contributed by atoms with Gasteiger partial charge in [0.25, 0.3) is 0 Å². The number of aliphatic imine (C=N–C) groups is 1. The van der Waals surface area contributed by atoms with Crippen LogP contribution < -0.4 is 4.74 Å². The van der Waals surface area contributed by atoms with E-state index >= 15 is 0 Å². The van der Waals surface area contributed by atoms with E-state index in [4.69, 9.17) is 14.2 Å². The van der Waals surface area contributed by atoms with E-state index in [1.165, 1.54) is 0 Å². The summed E-state index contributed by atoms with van der Waals surface area (Å²) < 4.78 is 17.7. The molecule has 2 aromatic carbocycles. The van der Waals surface area contributed by atoms with E-state index in [0.29, 0.717) is 12.3 Å². The molecular weight excluding hydrogens is 318 g/mol. The Morgan fingerprint density at radius 1 is 1.12 bits per heavy atom. The van der Waals surface area contributed by atoms with Crippen LogP contribution in [0, 0.1) is 0 Å². The molecule has 1 fully saturated rings. The van der Waals surface area contributed by atoms with Gasteiger partial charge in [-0.2, -0.15) is 0 Å². The minimum Gasteiger partial charge on any atom is -0.457 e. The van der Waals surface area contributed by atoms with Crippen molar-refractivity contribution in [3.05, 3.63) is 60.2 Å². The van der Waals surface area contributed by atoms with Gasteiger partial charge in [0.15, 0.2) is 11.4 Å². The van der Waals surface area contributed by atoms with Gasteiger partial charge in [-0.15, -0.1) is 0 Å². The van der Waals surface area contributed by atoms with Crippen LogP contribution in [0.15, 0.2) is 59.6 Å². The van der Waals surface area contributed by atoms with Crippen LogP contribution in [0.25, 0.3) is 0 Å². The fraction of sp³-hybridized carbons (Fsp3) is 0.350. The molecule has 25 heavy (non-hydrogen) atoms. The highest BCUT2D eigenvalue weighted by atomic mass is 16.7. The molecule has 0 aliphatic carbocycles. The van der Waals surface area contributed by atoms with E-state index in [-0.39, 0.29) is 12.7 Å². The molecule has 0 radical (unpaired) electrons. The standard InChI is InChI=1S/C20H21NO4/c1-14-21-20(13-22)12-18(25-19(20,2)24-14)15-8-10-17(11-9-15)23-16-6-4-3-5-7-16/h3-11,18,22H,12-13H2,1-2H3/t18-,19-,20-/m1/s1. The highest BCUT2D eigenvalue weighted by molar-refractivity contribution is 5.76. The number of ether oxygens (including phenoxy) is 3. The average Bonchev–Trinajstić information content (AvgIpc) is 3.02. The van der Waals surface area contributed by atoms with Crippen LogP contribution in [0.3, 0.4) is 0 Å². The Morgan fingerprint density at radius 2 is 1.80 bits per heavy atom. The molecule has 1 saturated heterocycles. The van der Waals surface area contributed by atoms with E-state index in [1.807, 2.05) is 61.5 Å². The number of nitrogens with zero attached hydrogens (tertiary/aromatic N) is 1. The van der Waals surface area contributed by atoms with Crippen molar-refractivity contribution in [3.63, 3.8) is 0 Å². The Morgan fingerprint density at radius 3 is 2.44 bits per heavy atom. The largest absolute Gasteiger partial charge is 0.457 e. The zero-order chi connectivity index (χ0) is 17.5. The second kappa shape index (κ2) is 5.86. The summed E-state index contributed by atoms with van der Waals surface area (Å²) in [5.74, 6) is 1.20. The molecule has 2 aliphatic heterocycles. The van der Waals surface area contributed by atoms with Gasteiger partial charge < -0.3 is 19.3 Å². The van der Waals surface area contributed by atoms with Crippen LogP contribution in [-0.4, -0.2) is 28.9 Å². The number of aliphatic hydroxyl groups is 1. The van der Waals surface area contributed by atoms with Crippen LogP contribution in [0.5, 0.6) is 11.5 Å². The summed E-state index contributed by atoms with van der Waals surface area (Å²) in [5, 5.41) is 9.90. The molecular formula is C20H21NO4. The third-order valence-corrected chi connectivity index (χ3v) is 4.94. The molecule has 5 heteroatoms. The molecule has 3 atom stereocenters. The Kier molecular flexibility index (Phi) is 3.78. The van der Waals surface area contributed by atoms with Crippen molar-refractivity contribution in [1.29, 1.82) is 0 Å². The van der Waals surface area contributed by atoms with Gasteiger partial charge in [0.2, 0.25) is 5.79 Å². The number of hydrogen-bond acceptors (Lipinski definition) is 5. The normalized spacial score (nSPS) is 30.5. The summed E-state index contributed by atoms with van der Waals surface area (Å²) in [4.78, 5) is 4.52. The quantitative estimate of drug-likeness (QED) is 0.919. The Balaban J connectivity index is 1.52. The van der Waals surface area contributed by atoms with Gasteiger partial charge in [-0.05, 0) is 29.8 Å². The predicted molar refractivity (Wildman–Crippen MR) is 93.8 cm³/mol. The van der Waals surface area contributed by atoms with Crippen molar-refractivity contribution >= 4 is 5.90 Å². The van der Waals surface area contributed by atoms with Crippen LogP contribution in [0.4, 0.5) is 0 Å². The van der Waals surface area contributed by atoms with Gasteiger partial charge in [-0.3, -0.25) is 0 Å². The summed E-state index contributed by atoms with van der Waals surface area (Å²) in [7, 11) is 0. The number of rotatable bonds is 4. The number of hydrogen-bond donors (Lipinski definition) is 1. The predicted octanol–water partition coefficient (Wildman–Crippen LogP) is 3.84. The minimum atomic E-state index is -0.921. The van der Waals surface area contributed by atoms with Gasteiger partial charge in [0.05, 0.1) is 12.7 Å². The zero-order valence-corrected chi connectivity index (χ0v) is 14.3. The summed E-state index contributed by atoms with van der Waals surface area (Å²) in [6, 6.07) is 17.5. The Bertz CT molecular complexity index is 789. The lowest BCUT2D eigenvalue weighted by Gasteiger charge is -2.30. The maximum Gasteiger partial charge on any atom is 0.237 e. The van der Waals surface area contributed by atoms with Gasteiger partial charge in [0.1, 0.15) is 11.5 Å². The Labute approximate surface area is 146 Å². The number of para-hydroxylation sites is 1. The van der Waals surface area contributed by atoms with E-state index in [0.717, 1.165) is 17.1 Å². The lowest BCUT2D eigenvalue weighted by Crippen LogP contribution is -2.47. The van der Waals surface area contributed by atoms with E-state index in [2.05, 4.69) is 4.99 Å². The molecule has 5 nitrogen and oxygen atoms in total. The zero-order valence-electron chi connectivity index (χ0n) is 14.3. The summed E-state index contributed by atoms with van der Waals surface area (Å²) in [5.41, 5.74) is 0.279. The third kappa shape index (κ3) is 2.69. The first-order valence-electron chi connectivity index (χ1n) is 8.41. The highest BCUT2D eigenvalue weighted by Gasteiger charge is 2.63. The number of aliphatic hydroxyl groups excluding tert-OH is 1. The number of fused-ring (bicyclic) bond motifs is 1. The number of benzene rings is 2. The maximum atomic E-state index is 9.90. The second-order valence-electron chi connectivity index (χ2n) is 6.66. The lowest BCUT2D eigenvalue weighted by atomic mass is 9.88. The van der Waals surface area contributed by atoms with Crippen molar-refractivity contribution in [2.45, 2.75) is 37.7 Å². The minimum absolute atomic E-state index is 0.105. The molecule has 0 aromatic heterocycles. The first-order valence-corrected chi connectivity index (χ1v) is 8.41. The van der Waals surface area contributed by atoms with Crippen molar-refractivity contribution in [1.82, 2.24) is 0 Å². The second-order valence-corrected chi connectivity index (χ2v) is 6.66. The Hall–Kier alpha value is -2.37.